The van der Waals surface area contributed by atoms with E-state index in [2.05, 4.69) is 23.7 Å². The molecular weight excluding hydrogens is 406 g/mol. The zero-order valence-corrected chi connectivity index (χ0v) is 19.3. The molecule has 32 heavy (non-hydrogen) atoms. The number of fused-ring (bicyclic) bond motifs is 1. The number of furan rings is 1. The Balaban J connectivity index is 1.99. The summed E-state index contributed by atoms with van der Waals surface area (Å²) in [6.45, 7) is 7.75. The minimum atomic E-state index is -1.29. The molecule has 7 nitrogen and oxygen atoms in total. The number of nitrogens with one attached hydrogen (secondary N) is 1. The first kappa shape index (κ1) is 23.7. The SMILES string of the molecule is CCC(CC)n1c(Cc2ccco2)nc2cc(C(=O)NC(C=O)(CO)CC(C)C)ccc21. The molecular formula is C25H33N3O4. The zero-order chi connectivity index (χ0) is 23.3. The zero-order valence-electron chi connectivity index (χ0n) is 19.3. The molecule has 0 radical (unpaired) electrons. The van der Waals surface area contributed by atoms with Crippen molar-refractivity contribution in [1.29, 1.82) is 0 Å². The summed E-state index contributed by atoms with van der Waals surface area (Å²) in [4.78, 5) is 29.5. The Bertz CT molecular complexity index is 1050. The van der Waals surface area contributed by atoms with E-state index in [1.54, 1.807) is 18.4 Å². The van der Waals surface area contributed by atoms with Crippen molar-refractivity contribution in [1.82, 2.24) is 14.9 Å². The van der Waals surface area contributed by atoms with E-state index in [0.29, 0.717) is 24.7 Å². The number of amides is 1. The van der Waals surface area contributed by atoms with Crippen LogP contribution in [0, 0.1) is 5.92 Å². The van der Waals surface area contributed by atoms with Crippen LogP contribution in [-0.2, 0) is 11.2 Å². The maximum atomic E-state index is 13.0. The van der Waals surface area contributed by atoms with Gasteiger partial charge in [-0.2, -0.15) is 0 Å². The Morgan fingerprint density at radius 2 is 2.03 bits per heavy atom. The molecule has 3 rings (SSSR count). The van der Waals surface area contributed by atoms with Crippen molar-refractivity contribution in [2.24, 2.45) is 5.92 Å². The summed E-state index contributed by atoms with van der Waals surface area (Å²) in [5.41, 5.74) is 0.789. The highest BCUT2D eigenvalue weighted by atomic mass is 16.3. The van der Waals surface area contributed by atoms with E-state index in [0.717, 1.165) is 35.5 Å². The van der Waals surface area contributed by atoms with Gasteiger partial charge in [-0.05, 0) is 55.5 Å². The summed E-state index contributed by atoms with van der Waals surface area (Å²) >= 11 is 0. The van der Waals surface area contributed by atoms with Crippen LogP contribution in [0.2, 0.25) is 0 Å². The number of rotatable bonds is 11. The number of aromatic nitrogens is 2. The minimum Gasteiger partial charge on any atom is -0.469 e. The average Bonchev–Trinajstić information content (AvgIpc) is 3.41. The number of carbonyl (C=O) groups is 2. The molecule has 1 aromatic carbocycles. The summed E-state index contributed by atoms with van der Waals surface area (Å²) in [6, 6.07) is 9.48. The van der Waals surface area contributed by atoms with Gasteiger partial charge in [-0.25, -0.2) is 4.98 Å². The van der Waals surface area contributed by atoms with E-state index >= 15 is 0 Å². The Labute approximate surface area is 188 Å². The van der Waals surface area contributed by atoms with E-state index in [9.17, 15) is 14.7 Å². The van der Waals surface area contributed by atoms with Crippen molar-refractivity contribution < 1.29 is 19.1 Å². The molecule has 0 saturated carbocycles. The van der Waals surface area contributed by atoms with E-state index in [1.807, 2.05) is 32.0 Å². The van der Waals surface area contributed by atoms with Crippen LogP contribution < -0.4 is 5.32 Å². The van der Waals surface area contributed by atoms with Gasteiger partial charge in [-0.3, -0.25) is 4.79 Å². The normalized spacial score (nSPS) is 13.6. The molecule has 0 aliphatic rings. The summed E-state index contributed by atoms with van der Waals surface area (Å²) in [7, 11) is 0. The van der Waals surface area contributed by atoms with Crippen LogP contribution in [0.5, 0.6) is 0 Å². The molecule has 0 aliphatic heterocycles. The Hall–Kier alpha value is -2.93. The second-order valence-electron chi connectivity index (χ2n) is 8.81. The first-order chi connectivity index (χ1) is 15.4. The molecule has 3 aromatic rings. The highest BCUT2D eigenvalue weighted by Gasteiger charge is 2.32. The predicted octanol–water partition coefficient (Wildman–Crippen LogP) is 4.29. The second kappa shape index (κ2) is 10.1. The number of aldehydes is 1. The van der Waals surface area contributed by atoms with Gasteiger partial charge in [-0.1, -0.05) is 27.7 Å². The number of benzene rings is 1. The Kier molecular flexibility index (Phi) is 7.51. The van der Waals surface area contributed by atoms with Gasteiger partial charge in [0.2, 0.25) is 0 Å². The molecule has 0 aliphatic carbocycles. The van der Waals surface area contributed by atoms with Crippen molar-refractivity contribution >= 4 is 23.2 Å². The van der Waals surface area contributed by atoms with Crippen LogP contribution in [0.1, 0.15) is 74.9 Å². The van der Waals surface area contributed by atoms with Crippen molar-refractivity contribution in [2.45, 2.75) is 65.0 Å². The Morgan fingerprint density at radius 3 is 2.59 bits per heavy atom. The third-order valence-electron chi connectivity index (χ3n) is 5.89. The van der Waals surface area contributed by atoms with Crippen LogP contribution in [0.25, 0.3) is 11.0 Å². The van der Waals surface area contributed by atoms with E-state index in [1.165, 1.54) is 0 Å². The van der Waals surface area contributed by atoms with Crippen molar-refractivity contribution in [2.75, 3.05) is 6.61 Å². The molecule has 1 amide bonds. The monoisotopic (exact) mass is 439 g/mol. The summed E-state index contributed by atoms with van der Waals surface area (Å²) < 4.78 is 7.77. The van der Waals surface area contributed by atoms with Crippen LogP contribution in [-0.4, -0.2) is 39.0 Å². The molecule has 1 unspecified atom stereocenters. The number of carbonyl (C=O) groups excluding carboxylic acids is 2. The molecule has 0 fully saturated rings. The molecule has 2 N–H and O–H groups in total. The van der Waals surface area contributed by atoms with Gasteiger partial charge < -0.3 is 24.2 Å². The lowest BCUT2D eigenvalue weighted by Gasteiger charge is -2.28. The molecule has 2 aromatic heterocycles. The third-order valence-corrected chi connectivity index (χ3v) is 5.89. The summed E-state index contributed by atoms with van der Waals surface area (Å²) in [5, 5.41) is 12.5. The highest BCUT2D eigenvalue weighted by Crippen LogP contribution is 2.28. The molecule has 2 heterocycles. The maximum Gasteiger partial charge on any atom is 0.252 e. The van der Waals surface area contributed by atoms with Crippen LogP contribution in [0.15, 0.2) is 41.0 Å². The van der Waals surface area contributed by atoms with Crippen molar-refractivity contribution in [3.8, 4) is 0 Å². The number of imidazole rings is 1. The van der Waals surface area contributed by atoms with Gasteiger partial charge >= 0.3 is 0 Å². The maximum absolute atomic E-state index is 13.0. The lowest BCUT2D eigenvalue weighted by Crippen LogP contribution is -2.53. The van der Waals surface area contributed by atoms with Gasteiger partial charge in [0.25, 0.3) is 5.91 Å². The fraction of sp³-hybridized carbons (Fsp3) is 0.480. The number of nitrogens with zero attached hydrogens (tertiary/aromatic N) is 2. The minimum absolute atomic E-state index is 0.134. The van der Waals surface area contributed by atoms with Crippen LogP contribution in [0.3, 0.4) is 0 Å². The van der Waals surface area contributed by atoms with Gasteiger partial charge in [0.15, 0.2) is 0 Å². The number of hydrogen-bond acceptors (Lipinski definition) is 5. The van der Waals surface area contributed by atoms with Gasteiger partial charge in [0.05, 0.1) is 30.3 Å². The fourth-order valence-corrected chi connectivity index (χ4v) is 4.34. The van der Waals surface area contributed by atoms with Gasteiger partial charge in [-0.15, -0.1) is 0 Å². The number of aliphatic hydroxyl groups excluding tert-OH is 1. The molecule has 172 valence electrons. The first-order valence-corrected chi connectivity index (χ1v) is 11.3. The lowest BCUT2D eigenvalue weighted by molar-refractivity contribution is -0.115. The molecule has 0 bridgehead atoms. The first-order valence-electron chi connectivity index (χ1n) is 11.3. The van der Waals surface area contributed by atoms with Crippen LogP contribution in [0.4, 0.5) is 0 Å². The third kappa shape index (κ3) is 4.93. The van der Waals surface area contributed by atoms with Crippen molar-refractivity contribution in [3.05, 3.63) is 53.7 Å². The fourth-order valence-electron chi connectivity index (χ4n) is 4.34. The van der Waals surface area contributed by atoms with Gasteiger partial charge in [0, 0.05) is 11.6 Å². The average molecular weight is 440 g/mol. The van der Waals surface area contributed by atoms with Crippen molar-refractivity contribution in [3.63, 3.8) is 0 Å². The second-order valence-corrected chi connectivity index (χ2v) is 8.81. The largest absolute Gasteiger partial charge is 0.469 e. The Morgan fingerprint density at radius 1 is 1.28 bits per heavy atom. The molecule has 0 spiro atoms. The van der Waals surface area contributed by atoms with E-state index in [-0.39, 0.29) is 12.0 Å². The molecule has 0 saturated heterocycles. The smallest absolute Gasteiger partial charge is 0.252 e. The highest BCUT2D eigenvalue weighted by molar-refractivity contribution is 5.99. The quantitative estimate of drug-likeness (QED) is 0.435. The van der Waals surface area contributed by atoms with Crippen LogP contribution >= 0.6 is 0 Å². The number of aliphatic hydroxyl groups is 1. The molecule has 1 atom stereocenters. The van der Waals surface area contributed by atoms with E-state index < -0.39 is 18.1 Å². The van der Waals surface area contributed by atoms with E-state index in [4.69, 9.17) is 9.40 Å². The predicted molar refractivity (Wildman–Crippen MR) is 124 cm³/mol. The summed E-state index contributed by atoms with van der Waals surface area (Å²) in [5.74, 6) is 1.45. The lowest BCUT2D eigenvalue weighted by atomic mass is 9.90. The standard InChI is InChI=1S/C25H33N3O4/c1-5-19(6-2)28-22-10-9-18(24(31)27-25(15-29,16-30)14-17(3)4)12-21(22)26-23(28)13-20-8-7-11-32-20/h7-12,15,17,19,30H,5-6,13-14,16H2,1-4H3,(H,27,31). The number of hydrogen-bond donors (Lipinski definition) is 2. The summed E-state index contributed by atoms with van der Waals surface area (Å²) in [6.07, 6.45) is 5.13. The topological polar surface area (TPSA) is 97.4 Å². The van der Waals surface area contributed by atoms with Gasteiger partial charge in [0.1, 0.15) is 23.4 Å². The molecule has 7 heteroatoms.